The van der Waals surface area contributed by atoms with Gasteiger partial charge in [-0.3, -0.25) is 0 Å². The lowest BCUT2D eigenvalue weighted by molar-refractivity contribution is 0.355. The van der Waals surface area contributed by atoms with Crippen molar-refractivity contribution >= 4 is 45.6 Å². The molecule has 10 heteroatoms. The van der Waals surface area contributed by atoms with Crippen LogP contribution < -0.4 is 24.8 Å². The molecule has 0 aromatic heterocycles. The van der Waals surface area contributed by atoms with Gasteiger partial charge < -0.3 is 20.1 Å². The smallest absolute Gasteiger partial charge is 0.240 e. The molecule has 0 radical (unpaired) electrons. The zero-order valence-electron chi connectivity index (χ0n) is 16.9. The summed E-state index contributed by atoms with van der Waals surface area (Å²) in [5, 5.41) is 6.39. The molecule has 0 unspecified atom stereocenters. The highest BCUT2D eigenvalue weighted by Gasteiger charge is 2.10. The average molecular weight is 534 g/mol. The fourth-order valence-electron chi connectivity index (χ4n) is 2.42. The van der Waals surface area contributed by atoms with Crippen molar-refractivity contribution in [3.63, 3.8) is 0 Å². The number of sulfonamides is 1. The Hall–Kier alpha value is -2.05. The number of ether oxygens (including phenoxy) is 2. The number of hydrogen-bond donors (Lipinski definition) is 3. The van der Waals surface area contributed by atoms with Gasteiger partial charge in [0.15, 0.2) is 17.5 Å². The highest BCUT2D eigenvalue weighted by molar-refractivity contribution is 14.0. The molecule has 0 aliphatic heterocycles. The van der Waals surface area contributed by atoms with Crippen molar-refractivity contribution in [1.82, 2.24) is 10.0 Å². The van der Waals surface area contributed by atoms with E-state index in [1.54, 1.807) is 38.5 Å². The van der Waals surface area contributed by atoms with Crippen LogP contribution in [0.1, 0.15) is 12.5 Å². The van der Waals surface area contributed by atoms with E-state index in [2.05, 4.69) is 20.3 Å². The highest BCUT2D eigenvalue weighted by Crippen LogP contribution is 2.29. The molecule has 0 amide bonds. The Labute approximate surface area is 189 Å². The van der Waals surface area contributed by atoms with Crippen molar-refractivity contribution in [3.05, 3.63) is 48.0 Å². The molecule has 2 rings (SSSR count). The molecule has 0 saturated carbocycles. The molecule has 29 heavy (non-hydrogen) atoms. The molecular formula is C19H27IN4O4S. The number of aliphatic imine (C=N–C) groups is 1. The summed E-state index contributed by atoms with van der Waals surface area (Å²) in [6, 6.07) is 12.1. The van der Waals surface area contributed by atoms with E-state index < -0.39 is 10.0 Å². The lowest BCUT2D eigenvalue weighted by atomic mass is 10.2. The van der Waals surface area contributed by atoms with Crippen molar-refractivity contribution in [3.8, 4) is 11.5 Å². The minimum atomic E-state index is -3.44. The highest BCUT2D eigenvalue weighted by atomic mass is 127. The maximum absolute atomic E-state index is 11.8. The Morgan fingerprint density at radius 3 is 2.24 bits per heavy atom. The van der Waals surface area contributed by atoms with Gasteiger partial charge in [0.05, 0.1) is 25.7 Å². The molecule has 0 fully saturated rings. The van der Waals surface area contributed by atoms with Crippen LogP contribution in [0, 0.1) is 0 Å². The largest absolute Gasteiger partial charge is 0.493 e. The van der Waals surface area contributed by atoms with Gasteiger partial charge in [0, 0.05) is 18.3 Å². The van der Waals surface area contributed by atoms with E-state index in [9.17, 15) is 8.42 Å². The van der Waals surface area contributed by atoms with Crippen LogP contribution in [0.2, 0.25) is 0 Å². The number of rotatable bonds is 8. The molecule has 160 valence electrons. The first-order valence-electron chi connectivity index (χ1n) is 8.73. The van der Waals surface area contributed by atoms with E-state index in [1.807, 2.05) is 25.1 Å². The van der Waals surface area contributed by atoms with E-state index in [0.717, 1.165) is 11.3 Å². The Morgan fingerprint density at radius 1 is 1.03 bits per heavy atom. The quantitative estimate of drug-likeness (QED) is 0.274. The molecule has 0 aliphatic rings. The number of methoxy groups -OCH3 is 2. The van der Waals surface area contributed by atoms with Gasteiger partial charge >= 0.3 is 0 Å². The van der Waals surface area contributed by atoms with Crippen LogP contribution in [-0.4, -0.2) is 42.2 Å². The fourth-order valence-corrected chi connectivity index (χ4v) is 3.15. The molecule has 2 aromatic rings. The third-order valence-corrected chi connectivity index (χ3v) is 5.34. The van der Waals surface area contributed by atoms with E-state index >= 15 is 0 Å². The minimum absolute atomic E-state index is 0. The third kappa shape index (κ3) is 7.05. The van der Waals surface area contributed by atoms with Gasteiger partial charge in [0.25, 0.3) is 0 Å². The van der Waals surface area contributed by atoms with Gasteiger partial charge in [-0.05, 0) is 43.8 Å². The second-order valence-corrected chi connectivity index (χ2v) is 7.63. The van der Waals surface area contributed by atoms with Gasteiger partial charge in [-0.2, -0.15) is 0 Å². The Kier molecular flexibility index (Phi) is 10.2. The fraction of sp³-hybridized carbons (Fsp3) is 0.316. The lowest BCUT2D eigenvalue weighted by Gasteiger charge is -2.14. The summed E-state index contributed by atoms with van der Waals surface area (Å²) in [5.74, 6) is 1.86. The van der Waals surface area contributed by atoms with Crippen molar-refractivity contribution in [2.24, 2.45) is 4.99 Å². The van der Waals surface area contributed by atoms with Crippen LogP contribution in [0.15, 0.2) is 52.4 Å². The number of halogens is 1. The Bertz CT molecular complexity index is 918. The summed E-state index contributed by atoms with van der Waals surface area (Å²) >= 11 is 0. The predicted octanol–water partition coefficient (Wildman–Crippen LogP) is 2.81. The summed E-state index contributed by atoms with van der Waals surface area (Å²) < 4.78 is 36.4. The number of guanidine groups is 1. The minimum Gasteiger partial charge on any atom is -0.493 e. The van der Waals surface area contributed by atoms with Gasteiger partial charge in [-0.15, -0.1) is 24.0 Å². The normalized spacial score (nSPS) is 11.4. The van der Waals surface area contributed by atoms with E-state index in [-0.39, 0.29) is 28.9 Å². The van der Waals surface area contributed by atoms with Gasteiger partial charge in [0.2, 0.25) is 10.0 Å². The first-order chi connectivity index (χ1) is 13.4. The van der Waals surface area contributed by atoms with Crippen LogP contribution in [0.25, 0.3) is 0 Å². The summed E-state index contributed by atoms with van der Waals surface area (Å²) in [4.78, 5) is 4.77. The van der Waals surface area contributed by atoms with Crippen LogP contribution in [0.4, 0.5) is 5.69 Å². The maximum atomic E-state index is 11.8. The van der Waals surface area contributed by atoms with Gasteiger partial charge in [-0.25, -0.2) is 18.1 Å². The zero-order chi connectivity index (χ0) is 20.6. The zero-order valence-corrected chi connectivity index (χ0v) is 20.0. The number of anilines is 1. The van der Waals surface area contributed by atoms with Crippen molar-refractivity contribution < 1.29 is 17.9 Å². The third-order valence-electron chi connectivity index (χ3n) is 3.91. The molecule has 8 nitrogen and oxygen atoms in total. The van der Waals surface area contributed by atoms with Crippen LogP contribution in [-0.2, 0) is 16.6 Å². The first-order valence-corrected chi connectivity index (χ1v) is 10.2. The summed E-state index contributed by atoms with van der Waals surface area (Å²) in [6.45, 7) is 3.06. The first kappa shape index (κ1) is 25.0. The monoisotopic (exact) mass is 534 g/mol. The maximum Gasteiger partial charge on any atom is 0.240 e. The second-order valence-electron chi connectivity index (χ2n) is 5.74. The standard InChI is InChI=1S/C19H26N4O4S.HI/c1-5-21-19(23-15-8-11-17(26-3)18(12-15)27-4)22-13-14-6-9-16(10-7-14)28(24,25)20-2;/h6-12,20H,5,13H2,1-4H3,(H2,21,22,23);1H. The molecule has 0 atom stereocenters. The molecule has 0 spiro atoms. The lowest BCUT2D eigenvalue weighted by Crippen LogP contribution is -2.30. The van der Waals surface area contributed by atoms with Crippen molar-refractivity contribution in [2.75, 3.05) is 33.1 Å². The molecule has 0 bridgehead atoms. The van der Waals surface area contributed by atoms with Gasteiger partial charge in [-0.1, -0.05) is 12.1 Å². The van der Waals surface area contributed by atoms with Crippen LogP contribution in [0.5, 0.6) is 11.5 Å². The van der Waals surface area contributed by atoms with Gasteiger partial charge in [0.1, 0.15) is 0 Å². The Morgan fingerprint density at radius 2 is 1.69 bits per heavy atom. The topological polar surface area (TPSA) is 101 Å². The molecule has 0 heterocycles. The van der Waals surface area contributed by atoms with Crippen LogP contribution in [0.3, 0.4) is 0 Å². The Balaban J connectivity index is 0.00000420. The summed E-state index contributed by atoms with van der Waals surface area (Å²) in [5.41, 5.74) is 1.69. The molecule has 0 aliphatic carbocycles. The van der Waals surface area contributed by atoms with Crippen molar-refractivity contribution in [2.45, 2.75) is 18.4 Å². The van der Waals surface area contributed by atoms with E-state index in [4.69, 9.17) is 9.47 Å². The number of nitrogens with zero attached hydrogens (tertiary/aromatic N) is 1. The number of nitrogens with one attached hydrogen (secondary N) is 3. The summed E-state index contributed by atoms with van der Waals surface area (Å²) in [7, 11) is 1.11. The summed E-state index contributed by atoms with van der Waals surface area (Å²) in [6.07, 6.45) is 0. The molecule has 0 saturated heterocycles. The molecule has 3 N–H and O–H groups in total. The average Bonchev–Trinajstić information content (AvgIpc) is 2.72. The van der Waals surface area contributed by atoms with E-state index in [0.29, 0.717) is 30.5 Å². The second kappa shape index (κ2) is 11.8. The number of benzene rings is 2. The molecular weight excluding hydrogens is 507 g/mol. The van der Waals surface area contributed by atoms with E-state index in [1.165, 1.54) is 7.05 Å². The predicted molar refractivity (Wildman–Crippen MR) is 126 cm³/mol. The molecule has 2 aromatic carbocycles. The SMILES string of the molecule is CCNC(=NCc1ccc(S(=O)(=O)NC)cc1)Nc1ccc(OC)c(OC)c1.I. The van der Waals surface area contributed by atoms with Crippen molar-refractivity contribution in [1.29, 1.82) is 0 Å². The number of hydrogen-bond acceptors (Lipinski definition) is 5. The van der Waals surface area contributed by atoms with Crippen LogP contribution >= 0.6 is 24.0 Å².